The molecule has 0 saturated carbocycles. The molecule has 1 aromatic carbocycles. The summed E-state index contributed by atoms with van der Waals surface area (Å²) in [6.45, 7) is 2.67. The molecule has 0 aliphatic rings. The van der Waals surface area contributed by atoms with Crippen LogP contribution in [-0.4, -0.2) is 44.5 Å². The summed E-state index contributed by atoms with van der Waals surface area (Å²) in [5.41, 5.74) is 0.511. The lowest BCUT2D eigenvalue weighted by molar-refractivity contribution is -0.121. The lowest BCUT2D eigenvalue weighted by atomic mass is 10.2. The van der Waals surface area contributed by atoms with Gasteiger partial charge in [0.05, 0.1) is 0 Å². The van der Waals surface area contributed by atoms with Crippen molar-refractivity contribution in [1.82, 2.24) is 15.5 Å². The Morgan fingerprint density at radius 2 is 2.00 bits per heavy atom. The number of hydrogen-bond acceptors (Lipinski definition) is 3. The molecule has 1 aromatic rings. The lowest BCUT2D eigenvalue weighted by Gasteiger charge is -2.10. The van der Waals surface area contributed by atoms with Crippen LogP contribution in [0.15, 0.2) is 24.3 Å². The molecule has 2 N–H and O–H groups in total. The predicted octanol–water partition coefficient (Wildman–Crippen LogP) is 0.983. The van der Waals surface area contributed by atoms with E-state index in [9.17, 15) is 9.18 Å². The molecule has 0 aromatic heterocycles. The highest BCUT2D eigenvalue weighted by molar-refractivity contribution is 5.76. The molecule has 0 atom stereocenters. The molecule has 4 nitrogen and oxygen atoms in total. The Morgan fingerprint density at radius 3 is 2.68 bits per heavy atom. The molecule has 0 aliphatic heterocycles. The molecule has 106 valence electrons. The highest BCUT2D eigenvalue weighted by Gasteiger charge is 2.04. The van der Waals surface area contributed by atoms with Gasteiger partial charge in [0.1, 0.15) is 5.82 Å². The fraction of sp³-hybridized carbons (Fsp3) is 0.500. The van der Waals surface area contributed by atoms with Crippen LogP contribution in [0.3, 0.4) is 0 Å². The van der Waals surface area contributed by atoms with Crippen LogP contribution < -0.4 is 10.6 Å². The summed E-state index contributed by atoms with van der Waals surface area (Å²) in [4.78, 5) is 13.6. The first kappa shape index (κ1) is 15.6. The number of benzene rings is 1. The van der Waals surface area contributed by atoms with Gasteiger partial charge in [-0.2, -0.15) is 0 Å². The monoisotopic (exact) mass is 267 g/mol. The number of rotatable bonds is 8. The van der Waals surface area contributed by atoms with E-state index >= 15 is 0 Å². The van der Waals surface area contributed by atoms with E-state index in [1.165, 1.54) is 6.07 Å². The van der Waals surface area contributed by atoms with Crippen LogP contribution in [0.5, 0.6) is 0 Å². The molecule has 1 amide bonds. The minimum Gasteiger partial charge on any atom is -0.352 e. The van der Waals surface area contributed by atoms with Crippen LogP contribution >= 0.6 is 0 Å². The first-order chi connectivity index (χ1) is 9.09. The van der Waals surface area contributed by atoms with Gasteiger partial charge < -0.3 is 15.5 Å². The molecule has 1 rings (SSSR count). The second-order valence-electron chi connectivity index (χ2n) is 4.67. The first-order valence-corrected chi connectivity index (χ1v) is 6.45. The van der Waals surface area contributed by atoms with Crippen LogP contribution in [0, 0.1) is 5.82 Å². The van der Waals surface area contributed by atoms with Crippen LogP contribution in [-0.2, 0) is 11.3 Å². The summed E-state index contributed by atoms with van der Waals surface area (Å²) in [6.07, 6.45) is 0.405. The van der Waals surface area contributed by atoms with E-state index in [1.54, 1.807) is 18.2 Å². The van der Waals surface area contributed by atoms with Crippen molar-refractivity contribution in [3.05, 3.63) is 35.6 Å². The smallest absolute Gasteiger partial charge is 0.221 e. The molecule has 0 unspecified atom stereocenters. The Hall–Kier alpha value is -1.46. The summed E-state index contributed by atoms with van der Waals surface area (Å²) in [6, 6.07) is 6.46. The molecule has 0 spiro atoms. The summed E-state index contributed by atoms with van der Waals surface area (Å²) >= 11 is 0. The Balaban J connectivity index is 2.13. The number of nitrogens with one attached hydrogen (secondary N) is 2. The molecule has 5 heteroatoms. The van der Waals surface area contributed by atoms with Crippen molar-refractivity contribution in [3.63, 3.8) is 0 Å². The molecule has 0 aliphatic carbocycles. The van der Waals surface area contributed by atoms with Crippen molar-refractivity contribution in [2.45, 2.75) is 13.0 Å². The SMILES string of the molecule is CN(C)CCNCCC(=O)NCc1ccccc1F. The van der Waals surface area contributed by atoms with E-state index in [1.807, 2.05) is 14.1 Å². The molecular weight excluding hydrogens is 245 g/mol. The Labute approximate surface area is 114 Å². The Kier molecular flexibility index (Phi) is 7.07. The van der Waals surface area contributed by atoms with E-state index in [0.717, 1.165) is 13.1 Å². The second-order valence-corrected chi connectivity index (χ2v) is 4.67. The van der Waals surface area contributed by atoms with Gasteiger partial charge in [-0.05, 0) is 20.2 Å². The molecule has 0 bridgehead atoms. The molecule has 0 radical (unpaired) electrons. The Bertz CT molecular complexity index is 396. The van der Waals surface area contributed by atoms with Gasteiger partial charge in [-0.1, -0.05) is 18.2 Å². The normalized spacial score (nSPS) is 10.7. The molecule has 0 fully saturated rings. The van der Waals surface area contributed by atoms with Gasteiger partial charge in [0.25, 0.3) is 0 Å². The van der Waals surface area contributed by atoms with Gasteiger partial charge in [0.2, 0.25) is 5.91 Å². The van der Waals surface area contributed by atoms with Crippen molar-refractivity contribution in [2.24, 2.45) is 0 Å². The van der Waals surface area contributed by atoms with Gasteiger partial charge in [-0.15, -0.1) is 0 Å². The summed E-state index contributed by atoms with van der Waals surface area (Å²) in [5.74, 6) is -0.354. The average molecular weight is 267 g/mol. The zero-order chi connectivity index (χ0) is 14.1. The third-order valence-corrected chi connectivity index (χ3v) is 2.70. The van der Waals surface area contributed by atoms with Gasteiger partial charge >= 0.3 is 0 Å². The van der Waals surface area contributed by atoms with Gasteiger partial charge in [-0.3, -0.25) is 4.79 Å². The van der Waals surface area contributed by atoms with E-state index in [2.05, 4.69) is 15.5 Å². The minimum absolute atomic E-state index is 0.0689. The molecular formula is C14H22FN3O. The van der Waals surface area contributed by atoms with Gasteiger partial charge in [0.15, 0.2) is 0 Å². The van der Waals surface area contributed by atoms with E-state index in [-0.39, 0.29) is 18.3 Å². The van der Waals surface area contributed by atoms with Crippen LogP contribution in [0.1, 0.15) is 12.0 Å². The number of carbonyl (C=O) groups is 1. The number of likely N-dealkylation sites (N-methyl/N-ethyl adjacent to an activating group) is 1. The quantitative estimate of drug-likeness (QED) is 0.690. The third kappa shape index (κ3) is 6.88. The highest BCUT2D eigenvalue weighted by Crippen LogP contribution is 2.05. The summed E-state index contributed by atoms with van der Waals surface area (Å²) < 4.78 is 13.3. The zero-order valence-electron chi connectivity index (χ0n) is 11.6. The van der Waals surface area contributed by atoms with E-state index < -0.39 is 0 Å². The average Bonchev–Trinajstić information content (AvgIpc) is 2.37. The maximum Gasteiger partial charge on any atom is 0.221 e. The number of amides is 1. The summed E-state index contributed by atoms with van der Waals surface area (Å²) in [7, 11) is 4.01. The van der Waals surface area contributed by atoms with Crippen molar-refractivity contribution in [3.8, 4) is 0 Å². The van der Waals surface area contributed by atoms with Crippen molar-refractivity contribution in [1.29, 1.82) is 0 Å². The van der Waals surface area contributed by atoms with Crippen molar-refractivity contribution < 1.29 is 9.18 Å². The van der Waals surface area contributed by atoms with Crippen molar-refractivity contribution >= 4 is 5.91 Å². The van der Waals surface area contributed by atoms with Gasteiger partial charge in [-0.25, -0.2) is 4.39 Å². The summed E-state index contributed by atoms with van der Waals surface area (Å²) in [5, 5.41) is 5.89. The minimum atomic E-state index is -0.285. The standard InChI is InChI=1S/C14H22FN3O/c1-18(2)10-9-16-8-7-14(19)17-11-12-5-3-4-6-13(12)15/h3-6,16H,7-11H2,1-2H3,(H,17,19). The fourth-order valence-electron chi connectivity index (χ4n) is 1.55. The van der Waals surface area contributed by atoms with Crippen LogP contribution in [0.2, 0.25) is 0 Å². The molecule has 0 saturated heterocycles. The number of halogens is 1. The maximum atomic E-state index is 13.3. The lowest BCUT2D eigenvalue weighted by Crippen LogP contribution is -2.31. The zero-order valence-corrected chi connectivity index (χ0v) is 11.6. The molecule has 0 heterocycles. The fourth-order valence-corrected chi connectivity index (χ4v) is 1.55. The number of carbonyl (C=O) groups excluding carboxylic acids is 1. The van der Waals surface area contributed by atoms with E-state index in [0.29, 0.717) is 18.5 Å². The topological polar surface area (TPSA) is 44.4 Å². The van der Waals surface area contributed by atoms with Crippen LogP contribution in [0.25, 0.3) is 0 Å². The largest absolute Gasteiger partial charge is 0.352 e. The number of nitrogens with zero attached hydrogens (tertiary/aromatic N) is 1. The predicted molar refractivity (Wildman–Crippen MR) is 74.3 cm³/mol. The molecule has 19 heavy (non-hydrogen) atoms. The first-order valence-electron chi connectivity index (χ1n) is 6.45. The van der Waals surface area contributed by atoms with E-state index in [4.69, 9.17) is 0 Å². The third-order valence-electron chi connectivity index (χ3n) is 2.70. The van der Waals surface area contributed by atoms with Gasteiger partial charge in [0, 0.05) is 38.2 Å². The Morgan fingerprint density at radius 1 is 1.26 bits per heavy atom. The highest BCUT2D eigenvalue weighted by atomic mass is 19.1. The van der Waals surface area contributed by atoms with Crippen LogP contribution in [0.4, 0.5) is 4.39 Å². The maximum absolute atomic E-state index is 13.3. The van der Waals surface area contributed by atoms with Crippen molar-refractivity contribution in [2.75, 3.05) is 33.7 Å². The second kappa shape index (κ2) is 8.61. The number of hydrogen-bond donors (Lipinski definition) is 2.